The van der Waals surface area contributed by atoms with Gasteiger partial charge in [0.2, 0.25) is 0 Å². The third kappa shape index (κ3) is 2.17. The smallest absolute Gasteiger partial charge is 0.265 e. The molecule has 1 fully saturated rings. The van der Waals surface area contributed by atoms with Crippen molar-refractivity contribution in [3.63, 3.8) is 0 Å². The lowest BCUT2D eigenvalue weighted by atomic mass is 10.0. The minimum atomic E-state index is -0.0251. The zero-order valence-electron chi connectivity index (χ0n) is 10.3. The van der Waals surface area contributed by atoms with Crippen LogP contribution in [0.2, 0.25) is 0 Å². The Balaban J connectivity index is 2.12. The Bertz CT molecular complexity index is 716. The van der Waals surface area contributed by atoms with Gasteiger partial charge in [0.05, 0.1) is 4.91 Å². The lowest BCUT2D eigenvalue weighted by Crippen LogP contribution is -2.22. The Kier molecular flexibility index (Phi) is 3.12. The summed E-state index contributed by atoms with van der Waals surface area (Å²) in [6, 6.07) is 14.2. The fraction of sp³-hybridized carbons (Fsp3) is 0.0667. The van der Waals surface area contributed by atoms with Crippen LogP contribution >= 0.6 is 24.0 Å². The van der Waals surface area contributed by atoms with Crippen LogP contribution in [0.3, 0.4) is 0 Å². The molecule has 0 aliphatic carbocycles. The van der Waals surface area contributed by atoms with E-state index in [1.165, 1.54) is 22.0 Å². The number of rotatable bonds is 1. The van der Waals surface area contributed by atoms with E-state index in [4.69, 9.17) is 12.2 Å². The van der Waals surface area contributed by atoms with Gasteiger partial charge in [0.15, 0.2) is 0 Å². The summed E-state index contributed by atoms with van der Waals surface area (Å²) in [5, 5.41) is 2.31. The van der Waals surface area contributed by atoms with Crippen molar-refractivity contribution in [2.75, 3.05) is 7.05 Å². The summed E-state index contributed by atoms with van der Waals surface area (Å²) >= 11 is 6.49. The molecule has 0 spiro atoms. The molecule has 1 aliphatic rings. The van der Waals surface area contributed by atoms with Crippen molar-refractivity contribution in [2.24, 2.45) is 0 Å². The van der Waals surface area contributed by atoms with E-state index in [1.54, 1.807) is 7.05 Å². The molecule has 0 unspecified atom stereocenters. The summed E-state index contributed by atoms with van der Waals surface area (Å²) in [7, 11) is 1.71. The summed E-state index contributed by atoms with van der Waals surface area (Å²) in [6.45, 7) is 0. The van der Waals surface area contributed by atoms with Crippen LogP contribution in [-0.2, 0) is 4.79 Å². The molecule has 0 atom stereocenters. The number of carbonyl (C=O) groups excluding carboxylic acids is 1. The van der Waals surface area contributed by atoms with Gasteiger partial charge in [-0.15, -0.1) is 0 Å². The van der Waals surface area contributed by atoms with Crippen LogP contribution in [0.25, 0.3) is 16.8 Å². The second kappa shape index (κ2) is 4.79. The second-order valence-electron chi connectivity index (χ2n) is 4.31. The highest BCUT2D eigenvalue weighted by Crippen LogP contribution is 2.32. The lowest BCUT2D eigenvalue weighted by molar-refractivity contribution is -0.121. The molecule has 0 aromatic heterocycles. The van der Waals surface area contributed by atoms with Gasteiger partial charge < -0.3 is 0 Å². The molecular weight excluding hydrogens is 274 g/mol. The molecule has 4 heteroatoms. The molecule has 0 radical (unpaired) electrons. The van der Waals surface area contributed by atoms with Crippen molar-refractivity contribution < 1.29 is 4.79 Å². The monoisotopic (exact) mass is 285 g/mol. The van der Waals surface area contributed by atoms with Crippen molar-refractivity contribution in [1.82, 2.24) is 4.90 Å². The number of hydrogen-bond acceptors (Lipinski definition) is 3. The van der Waals surface area contributed by atoms with Crippen molar-refractivity contribution in [3.05, 3.63) is 52.9 Å². The third-order valence-electron chi connectivity index (χ3n) is 3.10. The van der Waals surface area contributed by atoms with Crippen LogP contribution in [0.15, 0.2) is 47.4 Å². The van der Waals surface area contributed by atoms with Crippen molar-refractivity contribution >= 4 is 51.1 Å². The summed E-state index contributed by atoms with van der Waals surface area (Å²) in [5.74, 6) is -0.0251. The van der Waals surface area contributed by atoms with E-state index in [0.29, 0.717) is 9.23 Å². The van der Waals surface area contributed by atoms with Gasteiger partial charge in [-0.1, -0.05) is 66.4 Å². The van der Waals surface area contributed by atoms with Crippen LogP contribution in [-0.4, -0.2) is 22.2 Å². The summed E-state index contributed by atoms with van der Waals surface area (Å²) in [6.07, 6.45) is 1.92. The van der Waals surface area contributed by atoms with Crippen LogP contribution in [0, 0.1) is 0 Å². The second-order valence-corrected chi connectivity index (χ2v) is 5.98. The molecule has 94 valence electrons. The minimum Gasteiger partial charge on any atom is -0.296 e. The molecule has 2 aromatic carbocycles. The highest BCUT2D eigenvalue weighted by Gasteiger charge is 2.28. The number of hydrogen-bond donors (Lipinski definition) is 0. The largest absolute Gasteiger partial charge is 0.296 e. The Morgan fingerprint density at radius 1 is 1.16 bits per heavy atom. The van der Waals surface area contributed by atoms with Crippen LogP contribution in [0.4, 0.5) is 0 Å². The third-order valence-corrected chi connectivity index (χ3v) is 4.58. The average molecular weight is 285 g/mol. The standard InChI is InChI=1S/C15H11NOS2/c1-16-14(17)13(19-15(16)18)9-11-7-4-6-10-5-2-3-8-12(10)11/h2-9H,1H3. The van der Waals surface area contributed by atoms with E-state index >= 15 is 0 Å². The zero-order valence-corrected chi connectivity index (χ0v) is 11.9. The first-order valence-electron chi connectivity index (χ1n) is 5.86. The average Bonchev–Trinajstić information content (AvgIpc) is 2.67. The van der Waals surface area contributed by atoms with Crippen molar-refractivity contribution in [1.29, 1.82) is 0 Å². The number of likely N-dealkylation sites (N-methyl/N-ethyl adjacent to an activating group) is 1. The van der Waals surface area contributed by atoms with Crippen LogP contribution in [0.1, 0.15) is 5.56 Å². The molecule has 2 aromatic rings. The number of amides is 1. The topological polar surface area (TPSA) is 20.3 Å². The fourth-order valence-electron chi connectivity index (χ4n) is 2.06. The first-order valence-corrected chi connectivity index (χ1v) is 7.08. The molecule has 1 saturated heterocycles. The predicted molar refractivity (Wildman–Crippen MR) is 84.9 cm³/mol. The molecule has 1 aliphatic heterocycles. The number of fused-ring (bicyclic) bond motifs is 1. The number of benzene rings is 2. The molecular formula is C15H11NOS2. The fourth-order valence-corrected chi connectivity index (χ4v) is 3.23. The summed E-state index contributed by atoms with van der Waals surface area (Å²) in [5.41, 5.74) is 1.05. The lowest BCUT2D eigenvalue weighted by Gasteiger charge is -2.04. The molecule has 0 N–H and O–H groups in total. The zero-order chi connectivity index (χ0) is 13.4. The predicted octanol–water partition coefficient (Wildman–Crippen LogP) is 3.67. The van der Waals surface area contributed by atoms with Gasteiger partial charge >= 0.3 is 0 Å². The molecule has 2 nitrogen and oxygen atoms in total. The maximum atomic E-state index is 12.0. The number of thioether (sulfide) groups is 1. The normalized spacial score (nSPS) is 17.7. The Hall–Kier alpha value is -1.65. The van der Waals surface area contributed by atoms with Crippen LogP contribution in [0.5, 0.6) is 0 Å². The molecule has 0 saturated carbocycles. The van der Waals surface area contributed by atoms with E-state index in [0.717, 1.165) is 10.9 Å². The minimum absolute atomic E-state index is 0.0251. The van der Waals surface area contributed by atoms with Gasteiger partial charge in [-0.2, -0.15) is 0 Å². The van der Waals surface area contributed by atoms with Gasteiger partial charge in [0, 0.05) is 7.05 Å². The van der Waals surface area contributed by atoms with Gasteiger partial charge in [0.1, 0.15) is 4.32 Å². The van der Waals surface area contributed by atoms with E-state index in [1.807, 2.05) is 30.3 Å². The van der Waals surface area contributed by atoms with Crippen molar-refractivity contribution in [3.8, 4) is 0 Å². The Morgan fingerprint density at radius 3 is 2.63 bits per heavy atom. The summed E-state index contributed by atoms with van der Waals surface area (Å²) in [4.78, 5) is 14.2. The maximum absolute atomic E-state index is 12.0. The van der Waals surface area contributed by atoms with E-state index in [2.05, 4.69) is 18.2 Å². The SMILES string of the molecule is CN1C(=O)C(=Cc2cccc3ccccc23)SC1=S. The van der Waals surface area contributed by atoms with E-state index < -0.39 is 0 Å². The van der Waals surface area contributed by atoms with Gasteiger partial charge in [-0.05, 0) is 22.4 Å². The van der Waals surface area contributed by atoms with Gasteiger partial charge in [-0.3, -0.25) is 9.69 Å². The molecule has 19 heavy (non-hydrogen) atoms. The first-order chi connectivity index (χ1) is 9.16. The Morgan fingerprint density at radius 2 is 1.89 bits per heavy atom. The van der Waals surface area contributed by atoms with E-state index in [9.17, 15) is 4.79 Å². The van der Waals surface area contributed by atoms with Gasteiger partial charge in [-0.25, -0.2) is 0 Å². The van der Waals surface area contributed by atoms with Gasteiger partial charge in [0.25, 0.3) is 5.91 Å². The number of carbonyl (C=O) groups is 1. The van der Waals surface area contributed by atoms with Crippen LogP contribution < -0.4 is 0 Å². The summed E-state index contributed by atoms with van der Waals surface area (Å²) < 4.78 is 0.608. The maximum Gasteiger partial charge on any atom is 0.265 e. The highest BCUT2D eigenvalue weighted by atomic mass is 32.2. The number of nitrogens with zero attached hydrogens (tertiary/aromatic N) is 1. The molecule has 1 amide bonds. The van der Waals surface area contributed by atoms with Crippen molar-refractivity contribution in [2.45, 2.75) is 0 Å². The number of thiocarbonyl (C=S) groups is 1. The molecule has 3 rings (SSSR count). The molecule has 1 heterocycles. The highest BCUT2D eigenvalue weighted by molar-refractivity contribution is 8.26. The molecule has 0 bridgehead atoms. The quantitative estimate of drug-likeness (QED) is 0.589. The Labute approximate surface area is 121 Å². The van der Waals surface area contributed by atoms with E-state index in [-0.39, 0.29) is 5.91 Å². The first kappa shape index (κ1) is 12.4.